The number of carbonyl (C=O) groups excluding carboxylic acids is 2. The maximum absolute atomic E-state index is 12.1. The first-order valence-corrected chi connectivity index (χ1v) is 9.50. The Morgan fingerprint density at radius 1 is 1.04 bits per heavy atom. The van der Waals surface area contributed by atoms with Crippen molar-refractivity contribution < 1.29 is 14.3 Å². The van der Waals surface area contributed by atoms with Crippen LogP contribution in [0.15, 0.2) is 42.5 Å². The third-order valence-corrected chi connectivity index (χ3v) is 4.53. The third-order valence-electron chi connectivity index (χ3n) is 4.53. The van der Waals surface area contributed by atoms with Crippen LogP contribution in [0.4, 0.5) is 16.4 Å². The van der Waals surface area contributed by atoms with Gasteiger partial charge in [-0.3, -0.25) is 4.79 Å². The lowest BCUT2D eigenvalue weighted by molar-refractivity contribution is -0.116. The maximum Gasteiger partial charge on any atom is 0.409 e. The van der Waals surface area contributed by atoms with Crippen molar-refractivity contribution >= 4 is 23.6 Å². The molecule has 0 unspecified atom stereocenters. The van der Waals surface area contributed by atoms with E-state index in [-0.39, 0.29) is 12.0 Å². The Kier molecular flexibility index (Phi) is 6.78. The monoisotopic (exact) mass is 383 g/mol. The second-order valence-corrected chi connectivity index (χ2v) is 6.48. The topological polar surface area (TPSA) is 87.7 Å². The summed E-state index contributed by atoms with van der Waals surface area (Å²) in [6.45, 7) is 4.67. The molecule has 0 atom stereocenters. The van der Waals surface area contributed by atoms with Crippen molar-refractivity contribution in [2.75, 3.05) is 43.0 Å². The summed E-state index contributed by atoms with van der Waals surface area (Å²) in [6, 6.07) is 13.5. The van der Waals surface area contributed by atoms with E-state index in [2.05, 4.69) is 20.4 Å². The molecule has 0 bridgehead atoms. The predicted molar refractivity (Wildman–Crippen MR) is 106 cm³/mol. The average Bonchev–Trinajstić information content (AvgIpc) is 2.74. The predicted octanol–water partition coefficient (Wildman–Crippen LogP) is 2.33. The lowest BCUT2D eigenvalue weighted by atomic mass is 10.1. The van der Waals surface area contributed by atoms with Crippen molar-refractivity contribution in [1.29, 1.82) is 0 Å². The van der Waals surface area contributed by atoms with Crippen LogP contribution in [-0.2, 0) is 16.0 Å². The van der Waals surface area contributed by atoms with Crippen LogP contribution in [0.25, 0.3) is 0 Å². The molecule has 2 amide bonds. The highest BCUT2D eigenvalue weighted by Crippen LogP contribution is 2.15. The Labute approximate surface area is 164 Å². The van der Waals surface area contributed by atoms with Gasteiger partial charge in [0.1, 0.15) is 0 Å². The average molecular weight is 383 g/mol. The van der Waals surface area contributed by atoms with E-state index in [1.807, 2.05) is 36.4 Å². The minimum atomic E-state index is -0.276. The first-order chi connectivity index (χ1) is 13.7. The lowest BCUT2D eigenvalue weighted by Crippen LogP contribution is -2.49. The molecule has 0 saturated carbocycles. The number of hydrogen-bond acceptors (Lipinski definition) is 6. The van der Waals surface area contributed by atoms with Gasteiger partial charge in [0, 0.05) is 32.6 Å². The largest absolute Gasteiger partial charge is 0.450 e. The fourth-order valence-electron chi connectivity index (χ4n) is 3.00. The minimum absolute atomic E-state index is 0.0889. The molecule has 1 aromatic carbocycles. The van der Waals surface area contributed by atoms with Crippen LogP contribution >= 0.6 is 0 Å². The van der Waals surface area contributed by atoms with E-state index < -0.39 is 0 Å². The SMILES string of the molecule is CCOC(=O)N1CCN(c2ccc(NC(=O)CCc3ccccc3)nn2)CC1. The fourth-order valence-corrected chi connectivity index (χ4v) is 3.00. The van der Waals surface area contributed by atoms with Gasteiger partial charge < -0.3 is 19.9 Å². The summed E-state index contributed by atoms with van der Waals surface area (Å²) < 4.78 is 5.02. The van der Waals surface area contributed by atoms with Gasteiger partial charge in [-0.25, -0.2) is 4.79 Å². The number of aryl methyl sites for hydroxylation is 1. The van der Waals surface area contributed by atoms with Gasteiger partial charge in [0.05, 0.1) is 6.61 Å². The normalized spacial score (nSPS) is 13.9. The van der Waals surface area contributed by atoms with Gasteiger partial charge in [0.25, 0.3) is 0 Å². The zero-order valence-corrected chi connectivity index (χ0v) is 16.0. The first kappa shape index (κ1) is 19.6. The number of nitrogens with one attached hydrogen (secondary N) is 1. The molecule has 1 aliphatic rings. The highest BCUT2D eigenvalue weighted by Gasteiger charge is 2.22. The molecule has 1 aliphatic heterocycles. The summed E-state index contributed by atoms with van der Waals surface area (Å²) in [5.41, 5.74) is 1.13. The molecule has 1 fully saturated rings. The Morgan fingerprint density at radius 2 is 1.79 bits per heavy atom. The number of benzene rings is 1. The summed E-state index contributed by atoms with van der Waals surface area (Å²) >= 11 is 0. The Bertz CT molecular complexity index is 774. The summed E-state index contributed by atoms with van der Waals surface area (Å²) in [6.07, 6.45) is 0.799. The number of nitrogens with zero attached hydrogens (tertiary/aromatic N) is 4. The Hall–Kier alpha value is -3.16. The summed E-state index contributed by atoms with van der Waals surface area (Å²) in [7, 11) is 0. The molecule has 0 aliphatic carbocycles. The van der Waals surface area contributed by atoms with E-state index >= 15 is 0 Å². The smallest absolute Gasteiger partial charge is 0.409 e. The number of rotatable bonds is 6. The molecule has 0 radical (unpaired) electrons. The van der Waals surface area contributed by atoms with Gasteiger partial charge in [-0.15, -0.1) is 10.2 Å². The first-order valence-electron chi connectivity index (χ1n) is 9.50. The second kappa shape index (κ2) is 9.68. The van der Waals surface area contributed by atoms with E-state index in [0.717, 1.165) is 11.4 Å². The molecule has 1 N–H and O–H groups in total. The van der Waals surface area contributed by atoms with E-state index in [0.29, 0.717) is 51.4 Å². The molecular weight excluding hydrogens is 358 g/mol. The van der Waals surface area contributed by atoms with Crippen LogP contribution in [0.1, 0.15) is 18.9 Å². The minimum Gasteiger partial charge on any atom is -0.450 e. The number of aromatic nitrogens is 2. The van der Waals surface area contributed by atoms with Crippen LogP contribution in [0.3, 0.4) is 0 Å². The number of hydrogen-bond donors (Lipinski definition) is 1. The van der Waals surface area contributed by atoms with Crippen LogP contribution in [0.5, 0.6) is 0 Å². The van der Waals surface area contributed by atoms with Crippen molar-refractivity contribution in [3.05, 3.63) is 48.0 Å². The van der Waals surface area contributed by atoms with Crippen LogP contribution in [0.2, 0.25) is 0 Å². The van der Waals surface area contributed by atoms with Gasteiger partial charge in [-0.05, 0) is 31.0 Å². The van der Waals surface area contributed by atoms with Gasteiger partial charge in [-0.2, -0.15) is 0 Å². The molecule has 3 rings (SSSR count). The van der Waals surface area contributed by atoms with Gasteiger partial charge in [-0.1, -0.05) is 30.3 Å². The number of piperazine rings is 1. The molecule has 1 saturated heterocycles. The zero-order chi connectivity index (χ0) is 19.8. The second-order valence-electron chi connectivity index (χ2n) is 6.48. The maximum atomic E-state index is 12.1. The van der Waals surface area contributed by atoms with E-state index in [1.54, 1.807) is 17.9 Å². The number of ether oxygens (including phenoxy) is 1. The molecular formula is C20H25N5O3. The Balaban J connectivity index is 1.46. The summed E-state index contributed by atoms with van der Waals surface area (Å²) in [5.74, 6) is 1.08. The van der Waals surface area contributed by atoms with Gasteiger partial charge in [0.2, 0.25) is 5.91 Å². The molecule has 1 aromatic heterocycles. The van der Waals surface area contributed by atoms with Gasteiger partial charge in [0.15, 0.2) is 11.6 Å². The highest BCUT2D eigenvalue weighted by molar-refractivity contribution is 5.89. The van der Waals surface area contributed by atoms with Crippen molar-refractivity contribution in [1.82, 2.24) is 15.1 Å². The van der Waals surface area contributed by atoms with Crippen molar-refractivity contribution in [3.63, 3.8) is 0 Å². The molecule has 2 heterocycles. The van der Waals surface area contributed by atoms with Crippen LogP contribution < -0.4 is 10.2 Å². The van der Waals surface area contributed by atoms with E-state index in [4.69, 9.17) is 4.74 Å². The summed E-state index contributed by atoms with van der Waals surface area (Å²) in [4.78, 5) is 27.6. The fraction of sp³-hybridized carbons (Fsp3) is 0.400. The molecule has 28 heavy (non-hydrogen) atoms. The number of anilines is 2. The van der Waals surface area contributed by atoms with Crippen LogP contribution in [0, 0.1) is 0 Å². The molecule has 148 valence electrons. The van der Waals surface area contributed by atoms with Crippen molar-refractivity contribution in [2.45, 2.75) is 19.8 Å². The standard InChI is InChI=1S/C20H25N5O3/c1-2-28-20(27)25-14-12-24(13-15-25)18-10-9-17(22-23-18)21-19(26)11-8-16-6-4-3-5-7-16/h3-7,9-10H,2,8,11-15H2,1H3,(H,21,22,26). The van der Waals surface area contributed by atoms with Crippen molar-refractivity contribution in [3.8, 4) is 0 Å². The van der Waals surface area contributed by atoms with E-state index in [9.17, 15) is 9.59 Å². The Morgan fingerprint density at radius 3 is 2.43 bits per heavy atom. The summed E-state index contributed by atoms with van der Waals surface area (Å²) in [5, 5.41) is 11.1. The molecule has 8 nitrogen and oxygen atoms in total. The van der Waals surface area contributed by atoms with E-state index in [1.165, 1.54) is 0 Å². The third kappa shape index (κ3) is 5.42. The quantitative estimate of drug-likeness (QED) is 0.824. The molecule has 8 heteroatoms. The number of amides is 2. The van der Waals surface area contributed by atoms with Gasteiger partial charge >= 0.3 is 6.09 Å². The van der Waals surface area contributed by atoms with Crippen molar-refractivity contribution in [2.24, 2.45) is 0 Å². The van der Waals surface area contributed by atoms with Crippen LogP contribution in [-0.4, -0.2) is 59.9 Å². The number of carbonyl (C=O) groups is 2. The zero-order valence-electron chi connectivity index (χ0n) is 16.0. The molecule has 0 spiro atoms. The molecule has 2 aromatic rings. The lowest BCUT2D eigenvalue weighted by Gasteiger charge is -2.34. The highest BCUT2D eigenvalue weighted by atomic mass is 16.6.